The molecule has 0 aliphatic carbocycles. The van der Waals surface area contributed by atoms with Crippen molar-refractivity contribution < 1.29 is 0 Å². The number of aliphatic imine (C=N–C) groups is 1. The van der Waals surface area contributed by atoms with E-state index in [1.807, 2.05) is 23.2 Å². The summed E-state index contributed by atoms with van der Waals surface area (Å²) in [6, 6.07) is 3.91. The summed E-state index contributed by atoms with van der Waals surface area (Å²) in [5.74, 6) is 0. The van der Waals surface area contributed by atoms with Crippen LogP contribution in [0.4, 0.5) is 5.69 Å². The number of nitriles is 1. The molecule has 2 heterocycles. The molecule has 4 heteroatoms. The van der Waals surface area contributed by atoms with Crippen LogP contribution in [0.25, 0.3) is 0 Å². The molecule has 0 spiro atoms. The number of nitrogens with zero attached hydrogens (tertiary/aromatic N) is 4. The van der Waals surface area contributed by atoms with Crippen LogP contribution >= 0.6 is 0 Å². The summed E-state index contributed by atoms with van der Waals surface area (Å²) in [4.78, 5) is 9.90. The van der Waals surface area contributed by atoms with Gasteiger partial charge < -0.3 is 4.90 Å². The van der Waals surface area contributed by atoms with Crippen molar-refractivity contribution in [2.45, 2.75) is 0 Å². The van der Waals surface area contributed by atoms with Gasteiger partial charge in [-0.1, -0.05) is 0 Å². The third-order valence-corrected chi connectivity index (χ3v) is 1.92. The predicted molar refractivity (Wildman–Crippen MR) is 53.9 cm³/mol. The normalized spacial score (nSPS) is 14.1. The van der Waals surface area contributed by atoms with Crippen molar-refractivity contribution in [2.75, 3.05) is 11.6 Å². The molecular weight excluding hydrogens is 176 g/mol. The van der Waals surface area contributed by atoms with E-state index in [1.165, 1.54) is 0 Å². The Hall–Kier alpha value is -2.15. The lowest BCUT2D eigenvalue weighted by molar-refractivity contribution is 0.964. The van der Waals surface area contributed by atoms with E-state index >= 15 is 0 Å². The average molecular weight is 184 g/mol. The molecule has 0 N–H and O–H groups in total. The molecule has 0 saturated carbocycles. The third-order valence-electron chi connectivity index (χ3n) is 1.92. The van der Waals surface area contributed by atoms with Gasteiger partial charge in [-0.2, -0.15) is 5.26 Å². The highest BCUT2D eigenvalue weighted by atomic mass is 15.2. The summed E-state index contributed by atoms with van der Waals surface area (Å²) < 4.78 is 0. The van der Waals surface area contributed by atoms with Gasteiger partial charge in [0, 0.05) is 24.8 Å². The summed E-state index contributed by atoms with van der Waals surface area (Å²) in [6.07, 6.45) is 8.70. The van der Waals surface area contributed by atoms with Gasteiger partial charge in [0.05, 0.1) is 11.3 Å². The minimum atomic E-state index is 0.551. The third kappa shape index (κ3) is 1.48. The lowest BCUT2D eigenvalue weighted by Crippen LogP contribution is -2.19. The Morgan fingerprint density at radius 2 is 2.43 bits per heavy atom. The lowest BCUT2D eigenvalue weighted by Gasteiger charge is -2.20. The van der Waals surface area contributed by atoms with E-state index in [1.54, 1.807) is 18.6 Å². The first-order valence-corrected chi connectivity index (χ1v) is 4.19. The Balaban J connectivity index is 2.37. The van der Waals surface area contributed by atoms with Gasteiger partial charge in [0.25, 0.3) is 0 Å². The summed E-state index contributed by atoms with van der Waals surface area (Å²) >= 11 is 0. The van der Waals surface area contributed by atoms with Crippen molar-refractivity contribution in [1.82, 2.24) is 4.98 Å². The van der Waals surface area contributed by atoms with E-state index in [9.17, 15) is 0 Å². The SMILES string of the molecule is N#Cc1cnccc1N1C=CC=NC1. The number of hydrogen-bond acceptors (Lipinski definition) is 4. The van der Waals surface area contributed by atoms with Gasteiger partial charge in [-0.3, -0.25) is 9.98 Å². The molecule has 14 heavy (non-hydrogen) atoms. The first-order valence-electron chi connectivity index (χ1n) is 4.19. The molecule has 0 radical (unpaired) electrons. The smallest absolute Gasteiger partial charge is 0.114 e. The highest BCUT2D eigenvalue weighted by Crippen LogP contribution is 2.19. The Kier molecular flexibility index (Phi) is 2.24. The zero-order valence-electron chi connectivity index (χ0n) is 7.46. The maximum Gasteiger partial charge on any atom is 0.114 e. The average Bonchev–Trinajstić information content (AvgIpc) is 2.30. The van der Waals surface area contributed by atoms with Gasteiger partial charge in [-0.05, 0) is 12.1 Å². The fourth-order valence-electron chi connectivity index (χ4n) is 1.27. The maximum absolute atomic E-state index is 8.87. The van der Waals surface area contributed by atoms with Gasteiger partial charge >= 0.3 is 0 Å². The molecule has 1 aliphatic heterocycles. The van der Waals surface area contributed by atoms with Crippen molar-refractivity contribution in [3.63, 3.8) is 0 Å². The second kappa shape index (κ2) is 3.71. The molecule has 2 rings (SSSR count). The molecule has 0 fully saturated rings. The van der Waals surface area contributed by atoms with Crippen molar-refractivity contribution in [1.29, 1.82) is 5.26 Å². The van der Waals surface area contributed by atoms with Crippen LogP contribution in [0.15, 0.2) is 35.7 Å². The van der Waals surface area contributed by atoms with E-state index in [0.29, 0.717) is 12.2 Å². The zero-order chi connectivity index (χ0) is 9.80. The minimum Gasteiger partial charge on any atom is -0.327 e. The van der Waals surface area contributed by atoms with Crippen LogP contribution in [0.1, 0.15) is 5.56 Å². The summed E-state index contributed by atoms with van der Waals surface area (Å²) in [5, 5.41) is 8.87. The second-order valence-electron chi connectivity index (χ2n) is 2.79. The lowest BCUT2D eigenvalue weighted by atomic mass is 10.2. The number of pyridine rings is 1. The van der Waals surface area contributed by atoms with Crippen LogP contribution in [0, 0.1) is 11.3 Å². The Morgan fingerprint density at radius 1 is 1.50 bits per heavy atom. The van der Waals surface area contributed by atoms with E-state index in [4.69, 9.17) is 5.26 Å². The molecule has 68 valence electrons. The Bertz CT molecular complexity index is 428. The van der Waals surface area contributed by atoms with Crippen LogP contribution in [0.5, 0.6) is 0 Å². The molecule has 0 saturated heterocycles. The van der Waals surface area contributed by atoms with Crippen molar-refractivity contribution in [3.8, 4) is 6.07 Å². The molecular formula is C10H8N4. The molecule has 1 aromatic heterocycles. The van der Waals surface area contributed by atoms with Crippen LogP contribution in [0.3, 0.4) is 0 Å². The van der Waals surface area contributed by atoms with E-state index in [-0.39, 0.29) is 0 Å². The number of aromatic nitrogens is 1. The van der Waals surface area contributed by atoms with Crippen molar-refractivity contribution >= 4 is 11.9 Å². The van der Waals surface area contributed by atoms with E-state index in [2.05, 4.69) is 16.0 Å². The topological polar surface area (TPSA) is 52.3 Å². The maximum atomic E-state index is 8.87. The second-order valence-corrected chi connectivity index (χ2v) is 2.79. The monoisotopic (exact) mass is 184 g/mol. The summed E-state index contributed by atoms with van der Waals surface area (Å²) in [5.41, 5.74) is 1.41. The fourth-order valence-corrected chi connectivity index (χ4v) is 1.27. The van der Waals surface area contributed by atoms with Gasteiger partial charge in [0.2, 0.25) is 0 Å². The van der Waals surface area contributed by atoms with E-state index in [0.717, 1.165) is 5.69 Å². The number of allylic oxidation sites excluding steroid dienone is 1. The first kappa shape index (κ1) is 8.45. The van der Waals surface area contributed by atoms with Gasteiger partial charge in [-0.25, -0.2) is 0 Å². The molecule has 1 aliphatic rings. The molecule has 0 atom stereocenters. The Labute approximate surface area is 81.8 Å². The standard InChI is InChI=1S/C10H8N4/c11-6-9-7-12-4-2-10(9)14-5-1-3-13-8-14/h1-5,7H,8H2. The number of hydrogen-bond donors (Lipinski definition) is 0. The summed E-state index contributed by atoms with van der Waals surface area (Å²) in [7, 11) is 0. The predicted octanol–water partition coefficient (Wildman–Crippen LogP) is 1.32. The fraction of sp³-hybridized carbons (Fsp3) is 0.100. The molecule has 1 aromatic rings. The van der Waals surface area contributed by atoms with Gasteiger partial charge in [-0.15, -0.1) is 0 Å². The number of anilines is 1. The van der Waals surface area contributed by atoms with Crippen molar-refractivity contribution in [3.05, 3.63) is 36.3 Å². The van der Waals surface area contributed by atoms with Gasteiger partial charge in [0.1, 0.15) is 12.7 Å². The molecule has 0 bridgehead atoms. The van der Waals surface area contributed by atoms with Crippen LogP contribution in [-0.4, -0.2) is 17.9 Å². The number of rotatable bonds is 1. The van der Waals surface area contributed by atoms with Crippen LogP contribution < -0.4 is 4.90 Å². The van der Waals surface area contributed by atoms with E-state index < -0.39 is 0 Å². The van der Waals surface area contributed by atoms with Crippen LogP contribution in [-0.2, 0) is 0 Å². The first-order chi connectivity index (χ1) is 6.92. The highest BCUT2D eigenvalue weighted by Gasteiger charge is 2.08. The Morgan fingerprint density at radius 3 is 3.14 bits per heavy atom. The highest BCUT2D eigenvalue weighted by molar-refractivity contribution is 5.74. The van der Waals surface area contributed by atoms with Crippen LogP contribution in [0.2, 0.25) is 0 Å². The summed E-state index contributed by atoms with van der Waals surface area (Å²) in [6.45, 7) is 0.551. The van der Waals surface area contributed by atoms with Gasteiger partial charge in [0.15, 0.2) is 0 Å². The molecule has 0 amide bonds. The van der Waals surface area contributed by atoms with Crippen molar-refractivity contribution in [2.24, 2.45) is 4.99 Å². The minimum absolute atomic E-state index is 0.551. The zero-order valence-corrected chi connectivity index (χ0v) is 7.46. The molecule has 4 nitrogen and oxygen atoms in total. The molecule has 0 unspecified atom stereocenters. The quantitative estimate of drug-likeness (QED) is 0.661. The largest absolute Gasteiger partial charge is 0.327 e. The molecule has 0 aromatic carbocycles.